The lowest BCUT2D eigenvalue weighted by Gasteiger charge is -2.11. The number of imidazole rings is 1. The number of hydrogen-bond donors (Lipinski definition) is 0. The number of aromatic nitrogens is 5. The van der Waals surface area contributed by atoms with Gasteiger partial charge in [-0.05, 0) is 36.0 Å². The van der Waals surface area contributed by atoms with E-state index in [2.05, 4.69) is 20.1 Å². The number of halogens is 1. The van der Waals surface area contributed by atoms with Crippen molar-refractivity contribution >= 4 is 5.65 Å². The maximum atomic E-state index is 14.7. The van der Waals surface area contributed by atoms with Gasteiger partial charge in [0.05, 0.1) is 31.0 Å². The van der Waals surface area contributed by atoms with Gasteiger partial charge in [-0.3, -0.25) is 0 Å². The van der Waals surface area contributed by atoms with Gasteiger partial charge in [0, 0.05) is 24.2 Å². The molecule has 0 bridgehead atoms. The summed E-state index contributed by atoms with van der Waals surface area (Å²) in [7, 11) is 3.00. The maximum absolute atomic E-state index is 14.7. The minimum Gasteiger partial charge on any atom is -0.480 e. The van der Waals surface area contributed by atoms with Crippen LogP contribution in [0.2, 0.25) is 0 Å². The standard InChI is InChI=1S/C22H17FN6O2/c1-30-21-17(11-26-22(27-21)31-2)18-9-16(20-25-6-7-29(20)28-18)15-8-14(15)13-5-3-4-12(10-24)19(13)23/h3-7,9,11,14-15H,8H2,1-2H3/t14-,15+/m1/s1. The second-order valence-corrected chi connectivity index (χ2v) is 7.23. The molecule has 0 N–H and O–H groups in total. The van der Waals surface area contributed by atoms with Crippen molar-refractivity contribution in [3.63, 3.8) is 0 Å². The Bertz CT molecular complexity index is 1350. The van der Waals surface area contributed by atoms with Gasteiger partial charge in [-0.1, -0.05) is 12.1 Å². The van der Waals surface area contributed by atoms with E-state index in [9.17, 15) is 4.39 Å². The lowest BCUT2D eigenvalue weighted by atomic mass is 10.0. The number of methoxy groups -OCH3 is 2. The van der Waals surface area contributed by atoms with Gasteiger partial charge >= 0.3 is 6.01 Å². The second-order valence-electron chi connectivity index (χ2n) is 7.23. The molecular formula is C22H17FN6O2. The van der Waals surface area contributed by atoms with Gasteiger partial charge < -0.3 is 9.47 Å². The van der Waals surface area contributed by atoms with E-state index in [4.69, 9.17) is 14.7 Å². The Morgan fingerprint density at radius 1 is 1.16 bits per heavy atom. The zero-order valence-corrected chi connectivity index (χ0v) is 16.8. The van der Waals surface area contributed by atoms with Crippen molar-refractivity contribution in [1.82, 2.24) is 24.6 Å². The summed E-state index contributed by atoms with van der Waals surface area (Å²) in [6.45, 7) is 0. The van der Waals surface area contributed by atoms with Gasteiger partial charge in [-0.25, -0.2) is 18.9 Å². The predicted octanol–water partition coefficient (Wildman–Crippen LogP) is 3.49. The zero-order valence-electron chi connectivity index (χ0n) is 16.8. The highest BCUT2D eigenvalue weighted by Gasteiger charge is 2.43. The molecule has 1 fully saturated rings. The fourth-order valence-corrected chi connectivity index (χ4v) is 3.93. The van der Waals surface area contributed by atoms with Crippen molar-refractivity contribution in [2.45, 2.75) is 18.3 Å². The highest BCUT2D eigenvalue weighted by molar-refractivity contribution is 5.68. The topological polar surface area (TPSA) is 98.2 Å². The fourth-order valence-electron chi connectivity index (χ4n) is 3.93. The maximum Gasteiger partial charge on any atom is 0.319 e. The van der Waals surface area contributed by atoms with Crippen molar-refractivity contribution in [3.05, 3.63) is 65.4 Å². The summed E-state index contributed by atoms with van der Waals surface area (Å²) < 4.78 is 26.9. The Morgan fingerprint density at radius 2 is 2.00 bits per heavy atom. The van der Waals surface area contributed by atoms with E-state index in [-0.39, 0.29) is 23.4 Å². The van der Waals surface area contributed by atoms with Gasteiger partial charge in [-0.2, -0.15) is 15.3 Å². The quantitative estimate of drug-likeness (QED) is 0.491. The molecule has 31 heavy (non-hydrogen) atoms. The minimum atomic E-state index is -0.448. The Balaban J connectivity index is 1.59. The molecule has 4 aromatic rings. The Labute approximate surface area is 176 Å². The number of benzene rings is 1. The number of ether oxygens (including phenoxy) is 2. The van der Waals surface area contributed by atoms with Crippen LogP contribution in [0.1, 0.15) is 34.9 Å². The van der Waals surface area contributed by atoms with Crippen molar-refractivity contribution in [2.24, 2.45) is 0 Å². The molecule has 0 spiro atoms. The van der Waals surface area contributed by atoms with E-state index in [0.29, 0.717) is 28.3 Å². The normalized spacial score (nSPS) is 17.4. The summed E-state index contributed by atoms with van der Waals surface area (Å²) in [5.74, 6) is -0.0837. The van der Waals surface area contributed by atoms with E-state index in [1.807, 2.05) is 12.1 Å². The molecule has 3 heterocycles. The Morgan fingerprint density at radius 3 is 2.77 bits per heavy atom. The third-order valence-corrected chi connectivity index (χ3v) is 5.51. The van der Waals surface area contributed by atoms with Crippen LogP contribution in [0.5, 0.6) is 11.9 Å². The number of nitriles is 1. The van der Waals surface area contributed by atoms with Gasteiger partial charge in [0.1, 0.15) is 11.9 Å². The largest absolute Gasteiger partial charge is 0.480 e. The van der Waals surface area contributed by atoms with Crippen LogP contribution < -0.4 is 9.47 Å². The second kappa shape index (κ2) is 7.32. The molecule has 0 amide bonds. The predicted molar refractivity (Wildman–Crippen MR) is 108 cm³/mol. The first-order valence-electron chi connectivity index (χ1n) is 9.62. The van der Waals surface area contributed by atoms with E-state index in [1.165, 1.54) is 20.3 Å². The van der Waals surface area contributed by atoms with Crippen LogP contribution in [0.25, 0.3) is 16.9 Å². The molecule has 0 aliphatic heterocycles. The first-order valence-corrected chi connectivity index (χ1v) is 9.62. The molecule has 1 aliphatic rings. The number of fused-ring (bicyclic) bond motifs is 1. The molecule has 0 unspecified atom stereocenters. The summed E-state index contributed by atoms with van der Waals surface area (Å²) in [6, 6.07) is 8.98. The molecule has 5 rings (SSSR count). The van der Waals surface area contributed by atoms with Crippen molar-refractivity contribution in [1.29, 1.82) is 5.26 Å². The van der Waals surface area contributed by atoms with Crippen molar-refractivity contribution in [3.8, 4) is 29.2 Å². The first-order chi connectivity index (χ1) is 15.1. The van der Waals surface area contributed by atoms with Crippen LogP contribution in [-0.4, -0.2) is 38.8 Å². The highest BCUT2D eigenvalue weighted by atomic mass is 19.1. The number of rotatable bonds is 5. The molecule has 3 aromatic heterocycles. The van der Waals surface area contributed by atoms with Gasteiger partial charge in [-0.15, -0.1) is 0 Å². The van der Waals surface area contributed by atoms with Gasteiger partial charge in [0.2, 0.25) is 5.88 Å². The van der Waals surface area contributed by atoms with E-state index in [1.54, 1.807) is 35.2 Å². The molecule has 8 nitrogen and oxygen atoms in total. The molecule has 9 heteroatoms. The third kappa shape index (κ3) is 3.13. The van der Waals surface area contributed by atoms with Crippen molar-refractivity contribution in [2.75, 3.05) is 14.2 Å². The summed E-state index contributed by atoms with van der Waals surface area (Å²) in [4.78, 5) is 12.9. The van der Waals surface area contributed by atoms with E-state index >= 15 is 0 Å². The van der Waals surface area contributed by atoms with E-state index < -0.39 is 5.82 Å². The summed E-state index contributed by atoms with van der Waals surface area (Å²) in [5.41, 5.74) is 3.48. The first kappa shape index (κ1) is 18.9. The third-order valence-electron chi connectivity index (χ3n) is 5.51. The van der Waals surface area contributed by atoms with Gasteiger partial charge in [0.25, 0.3) is 0 Å². The number of nitrogens with zero attached hydrogens (tertiary/aromatic N) is 6. The SMILES string of the molecule is COc1ncc(-c2cc([C@H]3C[C@@H]3c3cccc(C#N)c3F)c3nccn3n2)c(OC)n1. The molecule has 1 aromatic carbocycles. The zero-order chi connectivity index (χ0) is 21.5. The molecule has 154 valence electrons. The molecule has 1 saturated carbocycles. The minimum absolute atomic E-state index is 0.0296. The molecule has 1 aliphatic carbocycles. The van der Waals surface area contributed by atoms with Crippen molar-refractivity contribution < 1.29 is 13.9 Å². The molecule has 0 saturated heterocycles. The average Bonchev–Trinajstić information content (AvgIpc) is 3.45. The highest BCUT2D eigenvalue weighted by Crippen LogP contribution is 2.56. The lowest BCUT2D eigenvalue weighted by Crippen LogP contribution is -2.03. The van der Waals surface area contributed by atoms with E-state index in [0.717, 1.165) is 12.0 Å². The summed E-state index contributed by atoms with van der Waals surface area (Å²) >= 11 is 0. The van der Waals surface area contributed by atoms with Gasteiger partial charge in [0.15, 0.2) is 5.65 Å². The Hall–Kier alpha value is -4.06. The Kier molecular flexibility index (Phi) is 4.47. The molecule has 0 radical (unpaired) electrons. The lowest BCUT2D eigenvalue weighted by molar-refractivity contribution is 0.353. The summed E-state index contributed by atoms with van der Waals surface area (Å²) in [6.07, 6.45) is 5.78. The molecule has 2 atom stereocenters. The monoisotopic (exact) mass is 416 g/mol. The van der Waals surface area contributed by atoms with Crippen LogP contribution in [0, 0.1) is 17.1 Å². The van der Waals surface area contributed by atoms with Crippen LogP contribution >= 0.6 is 0 Å². The molecular weight excluding hydrogens is 399 g/mol. The summed E-state index contributed by atoms with van der Waals surface area (Å²) in [5, 5.41) is 13.8. The fraction of sp³-hybridized carbons (Fsp3) is 0.227. The van der Waals surface area contributed by atoms with Crippen LogP contribution in [0.15, 0.2) is 42.9 Å². The van der Waals surface area contributed by atoms with Crippen LogP contribution in [0.4, 0.5) is 4.39 Å². The number of hydrogen-bond acceptors (Lipinski definition) is 7. The van der Waals surface area contributed by atoms with Crippen LogP contribution in [0.3, 0.4) is 0 Å². The smallest absolute Gasteiger partial charge is 0.319 e. The average molecular weight is 416 g/mol. The van der Waals surface area contributed by atoms with Crippen LogP contribution in [-0.2, 0) is 0 Å².